The van der Waals surface area contributed by atoms with Crippen molar-refractivity contribution in [1.82, 2.24) is 4.57 Å². The van der Waals surface area contributed by atoms with Crippen molar-refractivity contribution in [2.75, 3.05) is 4.90 Å². The van der Waals surface area contributed by atoms with E-state index in [-0.39, 0.29) is 0 Å². The van der Waals surface area contributed by atoms with Crippen molar-refractivity contribution in [2.45, 2.75) is 5.41 Å². The molecular formula is C67H42N2. The Balaban J connectivity index is 1.02. The Hall–Kier alpha value is -8.98. The van der Waals surface area contributed by atoms with Gasteiger partial charge in [-0.05, 0) is 125 Å². The van der Waals surface area contributed by atoms with Gasteiger partial charge >= 0.3 is 0 Å². The largest absolute Gasteiger partial charge is 0.310 e. The van der Waals surface area contributed by atoms with Gasteiger partial charge in [0.15, 0.2) is 0 Å². The zero-order valence-electron chi connectivity index (χ0n) is 37.6. The summed E-state index contributed by atoms with van der Waals surface area (Å²) in [5.41, 5.74) is 19.0. The SMILES string of the molecule is c1ccc(-c2ccc(-c3ccccc3N(c3ccc4c(c3)C3(c5ccccc5-4)c4ccccc4-n4c5ccccc5c5cccc3c54)c3ccc4c5ccccc5c5ccccc5c4c3)cc2)cc1. The number of fused-ring (bicyclic) bond motifs is 18. The van der Waals surface area contributed by atoms with Crippen LogP contribution in [0.3, 0.4) is 0 Å². The predicted molar refractivity (Wildman–Crippen MR) is 290 cm³/mol. The van der Waals surface area contributed by atoms with Gasteiger partial charge in [0.25, 0.3) is 0 Å². The van der Waals surface area contributed by atoms with E-state index in [4.69, 9.17) is 0 Å². The summed E-state index contributed by atoms with van der Waals surface area (Å²) in [4.78, 5) is 2.52. The second kappa shape index (κ2) is 14.5. The zero-order valence-corrected chi connectivity index (χ0v) is 37.6. The lowest BCUT2D eigenvalue weighted by Crippen LogP contribution is -2.33. The lowest BCUT2D eigenvalue weighted by Gasteiger charge is -2.40. The first-order valence-electron chi connectivity index (χ1n) is 24.0. The first-order valence-corrected chi connectivity index (χ1v) is 24.0. The molecular weight excluding hydrogens is 833 g/mol. The molecule has 2 heteroatoms. The maximum Gasteiger partial charge on any atom is 0.0755 e. The maximum absolute atomic E-state index is 2.53. The van der Waals surface area contributed by atoms with Gasteiger partial charge in [-0.3, -0.25) is 0 Å². The first-order chi connectivity index (χ1) is 34.3. The van der Waals surface area contributed by atoms with E-state index in [1.165, 1.54) is 110 Å². The second-order valence-corrected chi connectivity index (χ2v) is 18.7. The van der Waals surface area contributed by atoms with Gasteiger partial charge in [0.2, 0.25) is 0 Å². The van der Waals surface area contributed by atoms with Crippen molar-refractivity contribution in [3.8, 4) is 39.1 Å². The number of hydrogen-bond donors (Lipinski definition) is 0. The number of para-hydroxylation sites is 4. The van der Waals surface area contributed by atoms with Crippen LogP contribution < -0.4 is 4.90 Å². The highest BCUT2D eigenvalue weighted by atomic mass is 15.1. The van der Waals surface area contributed by atoms with Gasteiger partial charge in [0.05, 0.1) is 27.8 Å². The molecule has 15 rings (SSSR count). The fourth-order valence-electron chi connectivity index (χ4n) is 12.5. The van der Waals surface area contributed by atoms with E-state index >= 15 is 0 Å². The topological polar surface area (TPSA) is 8.17 Å². The fraction of sp³-hybridized carbons (Fsp3) is 0.0149. The van der Waals surface area contributed by atoms with Crippen molar-refractivity contribution in [3.63, 3.8) is 0 Å². The van der Waals surface area contributed by atoms with Crippen LogP contribution in [0.15, 0.2) is 255 Å². The molecule has 2 heterocycles. The van der Waals surface area contributed by atoms with Gasteiger partial charge in [-0.2, -0.15) is 0 Å². The number of aromatic nitrogens is 1. The third-order valence-corrected chi connectivity index (χ3v) is 15.4. The second-order valence-electron chi connectivity index (χ2n) is 18.7. The Morgan fingerprint density at radius 1 is 0.290 bits per heavy atom. The molecule has 0 saturated heterocycles. The van der Waals surface area contributed by atoms with Crippen LogP contribution in [0.2, 0.25) is 0 Å². The number of benzene rings is 12. The average Bonchev–Trinajstić information content (AvgIpc) is 3.92. The molecule has 0 radical (unpaired) electrons. The molecule has 1 aliphatic heterocycles. The molecule has 0 bridgehead atoms. The van der Waals surface area contributed by atoms with E-state index in [0.29, 0.717) is 0 Å². The number of anilines is 3. The van der Waals surface area contributed by atoms with E-state index in [0.717, 1.165) is 22.6 Å². The highest BCUT2D eigenvalue weighted by Gasteiger charge is 2.51. The summed E-state index contributed by atoms with van der Waals surface area (Å²) in [6, 6.07) is 95.1. The standard InChI is InChI=1S/C67H42N2/c1-2-17-43(18-3-1)44-33-35-45(36-34-44)48-19-9-13-30-63(48)68(46-37-39-53-51-22-5-4-20-49(51)50-21-6-7-23-52(50)58(53)41-46)47-38-40-55-54-24-8-11-27-59(54)67(62(55)42-47)60-28-12-15-32-65(60)69-64-31-14-10-25-56(64)57-26-16-29-61(67)66(57)69/h1-42H. The quantitative estimate of drug-likeness (QED) is 0.156. The molecule has 2 nitrogen and oxygen atoms in total. The van der Waals surface area contributed by atoms with Gasteiger partial charge in [-0.15, -0.1) is 0 Å². The van der Waals surface area contributed by atoms with Crippen LogP contribution in [0.25, 0.3) is 93.2 Å². The molecule has 1 atom stereocenters. The van der Waals surface area contributed by atoms with Gasteiger partial charge in [-0.1, -0.05) is 212 Å². The molecule has 0 amide bonds. The van der Waals surface area contributed by atoms with Crippen LogP contribution >= 0.6 is 0 Å². The van der Waals surface area contributed by atoms with Gasteiger partial charge in [0.1, 0.15) is 0 Å². The minimum absolute atomic E-state index is 0.584. The van der Waals surface area contributed by atoms with Crippen molar-refractivity contribution >= 4 is 71.2 Å². The minimum Gasteiger partial charge on any atom is -0.310 e. The summed E-state index contributed by atoms with van der Waals surface area (Å²) in [7, 11) is 0. The highest BCUT2D eigenvalue weighted by Crippen LogP contribution is 2.62. The summed E-state index contributed by atoms with van der Waals surface area (Å²) in [5, 5.41) is 10.1. The Morgan fingerprint density at radius 3 is 1.59 bits per heavy atom. The van der Waals surface area contributed by atoms with Crippen LogP contribution in [0.5, 0.6) is 0 Å². The van der Waals surface area contributed by atoms with E-state index < -0.39 is 5.41 Å². The zero-order chi connectivity index (χ0) is 45.2. The molecule has 1 spiro atoms. The van der Waals surface area contributed by atoms with E-state index in [1.54, 1.807) is 0 Å². The number of hydrogen-bond acceptors (Lipinski definition) is 1. The molecule has 1 aromatic heterocycles. The smallest absolute Gasteiger partial charge is 0.0755 e. The first kappa shape index (κ1) is 38.2. The van der Waals surface area contributed by atoms with Crippen LogP contribution in [0, 0.1) is 0 Å². The maximum atomic E-state index is 2.53. The molecule has 0 fully saturated rings. The average molecular weight is 875 g/mol. The third kappa shape index (κ3) is 5.26. The van der Waals surface area contributed by atoms with Gasteiger partial charge in [0, 0.05) is 27.7 Å². The summed E-state index contributed by atoms with van der Waals surface area (Å²) in [6.45, 7) is 0. The molecule has 13 aromatic rings. The Labute approximate surface area is 400 Å². The normalized spacial score (nSPS) is 14.4. The Morgan fingerprint density at radius 2 is 0.812 bits per heavy atom. The monoisotopic (exact) mass is 874 g/mol. The molecule has 69 heavy (non-hydrogen) atoms. The van der Waals surface area contributed by atoms with E-state index in [1.807, 2.05) is 0 Å². The van der Waals surface area contributed by atoms with Crippen LogP contribution in [0.1, 0.15) is 22.3 Å². The highest BCUT2D eigenvalue weighted by molar-refractivity contribution is 6.26. The van der Waals surface area contributed by atoms with Crippen LogP contribution in [0.4, 0.5) is 17.1 Å². The van der Waals surface area contributed by atoms with E-state index in [2.05, 4.69) is 264 Å². The summed E-state index contributed by atoms with van der Waals surface area (Å²) >= 11 is 0. The van der Waals surface area contributed by atoms with Crippen molar-refractivity contribution < 1.29 is 0 Å². The summed E-state index contributed by atoms with van der Waals surface area (Å²) < 4.78 is 2.53. The van der Waals surface area contributed by atoms with Crippen LogP contribution in [-0.4, -0.2) is 4.57 Å². The predicted octanol–water partition coefficient (Wildman–Crippen LogP) is 17.7. The molecule has 12 aromatic carbocycles. The summed E-state index contributed by atoms with van der Waals surface area (Å²) in [5.74, 6) is 0. The lowest BCUT2D eigenvalue weighted by atomic mass is 9.65. The molecule has 2 aliphatic rings. The third-order valence-electron chi connectivity index (χ3n) is 15.4. The lowest BCUT2D eigenvalue weighted by molar-refractivity contribution is 0.748. The Bertz CT molecular complexity index is 4220. The fourth-order valence-corrected chi connectivity index (χ4v) is 12.5. The van der Waals surface area contributed by atoms with Crippen molar-refractivity contribution in [2.24, 2.45) is 0 Å². The molecule has 0 saturated carbocycles. The molecule has 1 unspecified atom stereocenters. The molecule has 0 N–H and O–H groups in total. The van der Waals surface area contributed by atoms with Crippen LogP contribution in [-0.2, 0) is 5.41 Å². The number of rotatable bonds is 5. The molecule has 1 aliphatic carbocycles. The van der Waals surface area contributed by atoms with Crippen molar-refractivity contribution in [1.29, 1.82) is 0 Å². The minimum atomic E-state index is -0.584. The molecule has 320 valence electrons. The van der Waals surface area contributed by atoms with Crippen molar-refractivity contribution in [3.05, 3.63) is 277 Å². The summed E-state index contributed by atoms with van der Waals surface area (Å²) in [6.07, 6.45) is 0. The Kier molecular flexibility index (Phi) is 8.02. The number of nitrogens with zero attached hydrogens (tertiary/aromatic N) is 2. The van der Waals surface area contributed by atoms with E-state index in [9.17, 15) is 0 Å². The van der Waals surface area contributed by atoms with Gasteiger partial charge < -0.3 is 9.47 Å². The van der Waals surface area contributed by atoms with Gasteiger partial charge in [-0.25, -0.2) is 0 Å².